The Morgan fingerprint density at radius 3 is 2.10 bits per heavy atom. The molecule has 0 amide bonds. The molecule has 4 aliphatic rings. The first-order chi connectivity index (χ1) is 13.7. The zero-order chi connectivity index (χ0) is 22.1. The molecule has 3 fully saturated rings. The number of fused-ring (bicyclic) bond motifs is 5. The van der Waals surface area contributed by atoms with Gasteiger partial charge in [0.05, 0.1) is 6.10 Å². The molecule has 0 aromatic carbocycles. The van der Waals surface area contributed by atoms with Crippen molar-refractivity contribution in [2.45, 2.75) is 110 Å². The summed E-state index contributed by atoms with van der Waals surface area (Å²) in [6.07, 6.45) is 10.7. The first kappa shape index (κ1) is 22.9. The van der Waals surface area contributed by atoms with Gasteiger partial charge in [0.25, 0.3) is 0 Å². The van der Waals surface area contributed by atoms with E-state index in [0.29, 0.717) is 29.6 Å². The van der Waals surface area contributed by atoms with Crippen molar-refractivity contribution < 1.29 is 13.6 Å². The molecule has 30 heavy (non-hydrogen) atoms. The number of rotatable bonds is 4. The lowest BCUT2D eigenvalue weighted by Crippen LogP contribution is -2.56. The monoisotopic (exact) mass is 448 g/mol. The summed E-state index contributed by atoms with van der Waals surface area (Å²) in [7, 11) is -3.24. The van der Waals surface area contributed by atoms with Crippen LogP contribution in [0.3, 0.4) is 0 Å². The van der Waals surface area contributed by atoms with E-state index < -0.39 is 16.6 Å². The Morgan fingerprint density at radius 1 is 0.867 bits per heavy atom. The van der Waals surface area contributed by atoms with Crippen molar-refractivity contribution in [3.05, 3.63) is 11.6 Å². The maximum Gasteiger partial charge on any atom is 0.184 e. The molecule has 3 nitrogen and oxygen atoms in total. The largest absolute Gasteiger partial charge is 0.414 e. The quantitative estimate of drug-likeness (QED) is 0.360. The minimum atomic E-state index is -1.70. The number of Topliss-reactive ketones (excluding diaryl/α,β-unsaturated/α-hetero) is 1. The summed E-state index contributed by atoms with van der Waals surface area (Å²) in [4.78, 5) is 12.9. The van der Waals surface area contributed by atoms with Gasteiger partial charge in [-0.1, -0.05) is 25.5 Å². The zero-order valence-electron chi connectivity index (χ0n) is 20.6. The third-order valence-electron chi connectivity index (χ3n) is 8.78. The molecule has 0 radical (unpaired) electrons. The highest BCUT2D eigenvalue weighted by Gasteiger charge is 2.61. The fraction of sp³-hybridized carbons (Fsp3) is 0.880. The second-order valence-electron chi connectivity index (χ2n) is 13.1. The Labute approximate surface area is 186 Å². The summed E-state index contributed by atoms with van der Waals surface area (Å²) < 4.78 is 13.5. The Morgan fingerprint density at radius 2 is 1.47 bits per heavy atom. The molecule has 5 heteroatoms. The van der Waals surface area contributed by atoms with Gasteiger partial charge in [-0.05, 0) is 101 Å². The Hall–Kier alpha value is -0.236. The van der Waals surface area contributed by atoms with Gasteiger partial charge in [0.1, 0.15) is 5.78 Å². The number of hydrogen-bond donors (Lipinski definition) is 0. The van der Waals surface area contributed by atoms with Gasteiger partial charge in [-0.2, -0.15) is 0 Å². The molecule has 7 atom stereocenters. The number of ketones is 1. The maximum atomic E-state index is 12.9. The first-order valence-corrected chi connectivity index (χ1v) is 19.1. The summed E-state index contributed by atoms with van der Waals surface area (Å²) in [5, 5.41) is 0. The van der Waals surface area contributed by atoms with Crippen LogP contribution >= 0.6 is 0 Å². The van der Waals surface area contributed by atoms with Gasteiger partial charge in [0.15, 0.2) is 16.6 Å². The standard InChI is InChI=1S/C25H44O3Si2/c1-24-13-11-18(27-29(3,4)5)15-17(24)16-21(28-30(6,7)8)23-19-9-10-22(26)25(19,2)14-12-20(23)24/h16,18-21,23H,9-15H2,1-8H3/t18-,19?,20?,21?,23?,24-,25-/m0/s1. The first-order valence-electron chi connectivity index (χ1n) is 12.3. The second-order valence-corrected chi connectivity index (χ2v) is 22.0. The van der Waals surface area contributed by atoms with Gasteiger partial charge in [-0.25, -0.2) is 0 Å². The van der Waals surface area contributed by atoms with Gasteiger partial charge in [-0.15, -0.1) is 0 Å². The highest BCUT2D eigenvalue weighted by molar-refractivity contribution is 6.70. The van der Waals surface area contributed by atoms with Crippen LogP contribution in [0.25, 0.3) is 0 Å². The van der Waals surface area contributed by atoms with E-state index in [1.165, 1.54) is 19.3 Å². The lowest BCUT2D eigenvalue weighted by Gasteiger charge is -2.59. The molecule has 0 aromatic heterocycles. The van der Waals surface area contributed by atoms with Crippen LogP contribution in [0.4, 0.5) is 0 Å². The van der Waals surface area contributed by atoms with Crippen molar-refractivity contribution in [1.82, 2.24) is 0 Å². The third-order valence-corrected chi connectivity index (χ3v) is 10.8. The van der Waals surface area contributed by atoms with Crippen molar-refractivity contribution >= 4 is 22.4 Å². The molecule has 0 saturated heterocycles. The lowest BCUT2D eigenvalue weighted by molar-refractivity contribution is -0.135. The number of hydrogen-bond acceptors (Lipinski definition) is 3. The van der Waals surface area contributed by atoms with Crippen LogP contribution in [-0.4, -0.2) is 34.6 Å². The molecular formula is C25H44O3Si2. The molecule has 0 bridgehead atoms. The van der Waals surface area contributed by atoms with Crippen LogP contribution in [0.1, 0.15) is 58.8 Å². The molecule has 4 rings (SSSR count). The molecule has 3 saturated carbocycles. The van der Waals surface area contributed by atoms with E-state index in [4.69, 9.17) is 8.85 Å². The van der Waals surface area contributed by atoms with Gasteiger partial charge in [0.2, 0.25) is 0 Å². The smallest absolute Gasteiger partial charge is 0.184 e. The van der Waals surface area contributed by atoms with E-state index in [0.717, 1.165) is 25.7 Å². The molecule has 4 aliphatic carbocycles. The topological polar surface area (TPSA) is 35.5 Å². The van der Waals surface area contributed by atoms with Crippen LogP contribution in [0.2, 0.25) is 39.3 Å². The van der Waals surface area contributed by atoms with Gasteiger partial charge in [0, 0.05) is 17.9 Å². The minimum absolute atomic E-state index is 0.109. The molecule has 0 aliphatic heterocycles. The fourth-order valence-corrected chi connectivity index (χ4v) is 9.73. The van der Waals surface area contributed by atoms with Crippen LogP contribution in [-0.2, 0) is 13.6 Å². The van der Waals surface area contributed by atoms with Gasteiger partial charge in [-0.3, -0.25) is 4.79 Å². The highest BCUT2D eigenvalue weighted by atomic mass is 28.4. The zero-order valence-corrected chi connectivity index (χ0v) is 22.6. The van der Waals surface area contributed by atoms with Crippen molar-refractivity contribution in [3.8, 4) is 0 Å². The third kappa shape index (κ3) is 3.97. The average Bonchev–Trinajstić information content (AvgIpc) is 2.89. The molecule has 4 unspecified atom stereocenters. The van der Waals surface area contributed by atoms with Crippen LogP contribution in [0.5, 0.6) is 0 Å². The number of carbonyl (C=O) groups is 1. The van der Waals surface area contributed by atoms with E-state index in [1.54, 1.807) is 5.57 Å². The normalized spacial score (nSPS) is 44.2. The van der Waals surface area contributed by atoms with E-state index in [9.17, 15) is 4.79 Å². The van der Waals surface area contributed by atoms with Crippen molar-refractivity contribution in [2.75, 3.05) is 0 Å². The molecule has 0 heterocycles. The molecule has 0 aromatic rings. The second kappa shape index (κ2) is 7.39. The van der Waals surface area contributed by atoms with Gasteiger partial charge < -0.3 is 8.85 Å². The lowest BCUT2D eigenvalue weighted by atomic mass is 9.47. The van der Waals surface area contributed by atoms with E-state index in [2.05, 4.69) is 59.2 Å². The van der Waals surface area contributed by atoms with Crippen molar-refractivity contribution in [1.29, 1.82) is 0 Å². The molecular weight excluding hydrogens is 404 g/mol. The Kier molecular flexibility index (Phi) is 5.65. The molecule has 0 N–H and O–H groups in total. The van der Waals surface area contributed by atoms with Gasteiger partial charge >= 0.3 is 0 Å². The Bertz CT molecular complexity index is 734. The molecule has 0 spiro atoms. The summed E-state index contributed by atoms with van der Waals surface area (Å²) in [6.45, 7) is 18.7. The van der Waals surface area contributed by atoms with E-state index in [1.807, 2.05) is 0 Å². The average molecular weight is 449 g/mol. The van der Waals surface area contributed by atoms with Crippen LogP contribution in [0, 0.1) is 28.6 Å². The van der Waals surface area contributed by atoms with Crippen molar-refractivity contribution in [3.63, 3.8) is 0 Å². The van der Waals surface area contributed by atoms with Crippen molar-refractivity contribution in [2.24, 2.45) is 28.6 Å². The predicted molar refractivity (Wildman–Crippen MR) is 129 cm³/mol. The van der Waals surface area contributed by atoms with E-state index >= 15 is 0 Å². The predicted octanol–water partition coefficient (Wildman–Crippen LogP) is 6.57. The SMILES string of the molecule is C[C@]12CC[C@H](O[Si](C)(C)C)CC1=CC(O[Si](C)(C)C)C1C2CC[C@]2(C)C(=O)CCC12. The fourth-order valence-electron chi connectivity index (χ4n) is 7.48. The van der Waals surface area contributed by atoms with Crippen LogP contribution < -0.4 is 0 Å². The maximum absolute atomic E-state index is 12.9. The Balaban J connectivity index is 1.71. The minimum Gasteiger partial charge on any atom is -0.414 e. The van der Waals surface area contributed by atoms with E-state index in [-0.39, 0.29) is 16.9 Å². The molecule has 170 valence electrons. The number of carbonyl (C=O) groups excluding carboxylic acids is 1. The summed E-state index contributed by atoms with van der Waals surface area (Å²) >= 11 is 0. The highest BCUT2D eigenvalue weighted by Crippen LogP contribution is 2.64. The summed E-state index contributed by atoms with van der Waals surface area (Å²) in [6, 6.07) is 0. The summed E-state index contributed by atoms with van der Waals surface area (Å²) in [5.41, 5.74) is 1.76. The summed E-state index contributed by atoms with van der Waals surface area (Å²) in [5.74, 6) is 2.17. The van der Waals surface area contributed by atoms with Crippen LogP contribution in [0.15, 0.2) is 11.6 Å².